The van der Waals surface area contributed by atoms with E-state index in [1.807, 2.05) is 0 Å². The Labute approximate surface area is 81.6 Å². The summed E-state index contributed by atoms with van der Waals surface area (Å²) in [6.45, 7) is 2.80. The summed E-state index contributed by atoms with van der Waals surface area (Å²) < 4.78 is 1.20. The van der Waals surface area contributed by atoms with E-state index in [0.717, 1.165) is 26.2 Å². The Morgan fingerprint density at radius 1 is 1.45 bits per heavy atom. The molecule has 0 aliphatic carbocycles. The number of nitrogens with two attached hydrogens (primary N) is 1. The molecule has 1 unspecified atom stereocenters. The van der Waals surface area contributed by atoms with Crippen LogP contribution in [0.25, 0.3) is 0 Å². The summed E-state index contributed by atoms with van der Waals surface area (Å²) >= 11 is 2.42. The lowest BCUT2D eigenvalue weighted by Crippen LogP contribution is -2.44. The third-order valence-corrected chi connectivity index (χ3v) is 2.79. The smallest absolute Gasteiger partial charge is 0.0459 e. The first-order valence-electron chi connectivity index (χ1n) is 4.05. The first-order valence-corrected chi connectivity index (χ1v) is 5.57. The molecule has 1 atom stereocenters. The molecule has 0 aromatic carbocycles. The van der Waals surface area contributed by atoms with Gasteiger partial charge in [-0.3, -0.25) is 5.32 Å². The maximum Gasteiger partial charge on any atom is 0.0459 e. The monoisotopic (exact) mass is 269 g/mol. The Bertz CT molecular complexity index is 104. The van der Waals surface area contributed by atoms with Gasteiger partial charge < -0.3 is 11.1 Å². The Balaban J connectivity index is 2.40. The molecule has 1 rings (SSSR count). The molecule has 0 aromatic rings. The Morgan fingerprint density at radius 2 is 2.27 bits per heavy atom. The predicted octanol–water partition coefficient (Wildman–Crippen LogP) is 0.0494. The van der Waals surface area contributed by atoms with E-state index in [0.29, 0.717) is 5.54 Å². The van der Waals surface area contributed by atoms with Crippen molar-refractivity contribution < 1.29 is 0 Å². The highest BCUT2D eigenvalue weighted by atomic mass is 127. The normalized spacial score (nSPS) is 31.1. The van der Waals surface area contributed by atoms with Crippen LogP contribution in [0.1, 0.15) is 12.8 Å². The molecule has 0 spiro atoms. The van der Waals surface area contributed by atoms with Gasteiger partial charge in [-0.15, -0.1) is 0 Å². The van der Waals surface area contributed by atoms with Crippen molar-refractivity contribution in [3.8, 4) is 0 Å². The van der Waals surface area contributed by atoms with Crippen molar-refractivity contribution in [3.63, 3.8) is 0 Å². The molecule has 1 saturated heterocycles. The van der Waals surface area contributed by atoms with Gasteiger partial charge in [-0.2, -0.15) is 0 Å². The standard InChI is InChI=1S/C7H16IN3/c8-3-1-7(2-4-9)5-10-6-11-7/h10-11H,1-6,9H2. The number of halogens is 1. The van der Waals surface area contributed by atoms with Crippen molar-refractivity contribution in [1.29, 1.82) is 0 Å². The topological polar surface area (TPSA) is 50.1 Å². The second-order valence-electron chi connectivity index (χ2n) is 3.04. The van der Waals surface area contributed by atoms with Crippen LogP contribution in [0.2, 0.25) is 0 Å². The fourth-order valence-electron chi connectivity index (χ4n) is 1.55. The highest BCUT2D eigenvalue weighted by molar-refractivity contribution is 14.1. The number of nitrogens with one attached hydrogen (secondary N) is 2. The molecule has 0 aromatic heterocycles. The van der Waals surface area contributed by atoms with Gasteiger partial charge in [-0.1, -0.05) is 22.6 Å². The number of rotatable bonds is 4. The molecule has 0 radical (unpaired) electrons. The lowest BCUT2D eigenvalue weighted by Gasteiger charge is -2.27. The maximum absolute atomic E-state index is 5.55. The van der Waals surface area contributed by atoms with Gasteiger partial charge in [0.25, 0.3) is 0 Å². The maximum atomic E-state index is 5.55. The minimum absolute atomic E-state index is 0.302. The zero-order valence-electron chi connectivity index (χ0n) is 6.70. The molecule has 1 aliphatic rings. The second kappa shape index (κ2) is 4.59. The van der Waals surface area contributed by atoms with Crippen molar-refractivity contribution in [1.82, 2.24) is 10.6 Å². The fraction of sp³-hybridized carbons (Fsp3) is 1.00. The van der Waals surface area contributed by atoms with E-state index in [2.05, 4.69) is 33.2 Å². The van der Waals surface area contributed by atoms with Gasteiger partial charge in [0.2, 0.25) is 0 Å². The molecule has 1 fully saturated rings. The lowest BCUT2D eigenvalue weighted by molar-refractivity contribution is 0.366. The van der Waals surface area contributed by atoms with Crippen LogP contribution in [0, 0.1) is 0 Å². The molecule has 4 N–H and O–H groups in total. The molecular formula is C7H16IN3. The van der Waals surface area contributed by atoms with Gasteiger partial charge in [0, 0.05) is 23.2 Å². The summed E-state index contributed by atoms with van der Waals surface area (Å²) in [7, 11) is 0. The quantitative estimate of drug-likeness (QED) is 0.499. The van der Waals surface area contributed by atoms with Gasteiger partial charge >= 0.3 is 0 Å². The minimum Gasteiger partial charge on any atom is -0.330 e. The van der Waals surface area contributed by atoms with Crippen LogP contribution in [0.4, 0.5) is 0 Å². The Morgan fingerprint density at radius 3 is 2.73 bits per heavy atom. The number of hydrogen-bond acceptors (Lipinski definition) is 3. The Hall–Kier alpha value is 0.610. The third-order valence-electron chi connectivity index (χ3n) is 2.25. The van der Waals surface area contributed by atoms with E-state index >= 15 is 0 Å². The van der Waals surface area contributed by atoms with Crippen LogP contribution in [0.5, 0.6) is 0 Å². The Kier molecular flexibility index (Phi) is 4.05. The van der Waals surface area contributed by atoms with E-state index < -0.39 is 0 Å². The molecule has 11 heavy (non-hydrogen) atoms. The molecule has 1 aliphatic heterocycles. The van der Waals surface area contributed by atoms with Crippen molar-refractivity contribution >= 4 is 22.6 Å². The first kappa shape index (κ1) is 9.70. The van der Waals surface area contributed by atoms with Crippen LogP contribution >= 0.6 is 22.6 Å². The van der Waals surface area contributed by atoms with Crippen molar-refractivity contribution in [2.24, 2.45) is 5.73 Å². The summed E-state index contributed by atoms with van der Waals surface area (Å²) in [4.78, 5) is 0. The number of hydrogen-bond donors (Lipinski definition) is 3. The highest BCUT2D eigenvalue weighted by Gasteiger charge is 2.31. The van der Waals surface area contributed by atoms with E-state index in [-0.39, 0.29) is 0 Å². The molecule has 4 heteroatoms. The SMILES string of the molecule is NCCC1(CCI)CNCN1. The minimum atomic E-state index is 0.302. The second-order valence-corrected chi connectivity index (χ2v) is 4.12. The third kappa shape index (κ3) is 2.54. The summed E-state index contributed by atoms with van der Waals surface area (Å²) in [6.07, 6.45) is 2.31. The van der Waals surface area contributed by atoms with Crippen LogP contribution < -0.4 is 16.4 Å². The molecular weight excluding hydrogens is 253 g/mol. The van der Waals surface area contributed by atoms with Crippen LogP contribution in [-0.4, -0.2) is 29.7 Å². The first-order chi connectivity index (χ1) is 5.33. The number of alkyl halides is 1. The van der Waals surface area contributed by atoms with Gasteiger partial charge in [0.15, 0.2) is 0 Å². The van der Waals surface area contributed by atoms with Crippen molar-refractivity contribution in [2.75, 3.05) is 24.2 Å². The highest BCUT2D eigenvalue weighted by Crippen LogP contribution is 2.17. The van der Waals surface area contributed by atoms with Gasteiger partial charge in [0.05, 0.1) is 0 Å². The molecule has 1 heterocycles. The van der Waals surface area contributed by atoms with E-state index in [9.17, 15) is 0 Å². The molecule has 0 amide bonds. The van der Waals surface area contributed by atoms with Crippen molar-refractivity contribution in [3.05, 3.63) is 0 Å². The molecule has 0 saturated carbocycles. The van der Waals surface area contributed by atoms with E-state index in [1.165, 1.54) is 10.8 Å². The summed E-state index contributed by atoms with van der Waals surface area (Å²) in [6, 6.07) is 0. The average Bonchev–Trinajstić information content (AvgIpc) is 2.39. The summed E-state index contributed by atoms with van der Waals surface area (Å²) in [5.41, 5.74) is 5.86. The summed E-state index contributed by atoms with van der Waals surface area (Å²) in [5, 5.41) is 6.79. The largest absolute Gasteiger partial charge is 0.330 e. The molecule has 3 nitrogen and oxygen atoms in total. The van der Waals surface area contributed by atoms with Gasteiger partial charge in [-0.05, 0) is 19.4 Å². The molecule has 66 valence electrons. The van der Waals surface area contributed by atoms with Crippen LogP contribution in [0.3, 0.4) is 0 Å². The average molecular weight is 269 g/mol. The van der Waals surface area contributed by atoms with Crippen LogP contribution in [-0.2, 0) is 0 Å². The summed E-state index contributed by atoms with van der Waals surface area (Å²) in [5.74, 6) is 0. The lowest BCUT2D eigenvalue weighted by atomic mass is 9.93. The molecule has 0 bridgehead atoms. The van der Waals surface area contributed by atoms with Gasteiger partial charge in [0.1, 0.15) is 0 Å². The zero-order chi connectivity index (χ0) is 8.16. The van der Waals surface area contributed by atoms with Crippen LogP contribution in [0.15, 0.2) is 0 Å². The predicted molar refractivity (Wildman–Crippen MR) is 55.9 cm³/mol. The zero-order valence-corrected chi connectivity index (χ0v) is 8.86. The van der Waals surface area contributed by atoms with Crippen molar-refractivity contribution in [2.45, 2.75) is 18.4 Å². The van der Waals surface area contributed by atoms with E-state index in [1.54, 1.807) is 0 Å². The van der Waals surface area contributed by atoms with E-state index in [4.69, 9.17) is 5.73 Å². The van der Waals surface area contributed by atoms with Gasteiger partial charge in [-0.25, -0.2) is 0 Å². The fourth-order valence-corrected chi connectivity index (χ4v) is 2.58.